The molecule has 1 saturated heterocycles. The molecule has 0 N–H and O–H groups in total. The Labute approximate surface area is 109 Å². The fourth-order valence-corrected chi connectivity index (χ4v) is 3.72. The molecular weight excluding hydrogens is 224 g/mol. The largest absolute Gasteiger partial charge is 0.345 e. The Bertz CT molecular complexity index is 391. The number of ether oxygens (including phenoxy) is 2. The van der Waals surface area contributed by atoms with E-state index in [1.54, 1.807) is 0 Å². The van der Waals surface area contributed by atoms with Crippen LogP contribution in [-0.4, -0.2) is 12.2 Å². The Hall–Kier alpha value is -0.860. The van der Waals surface area contributed by atoms with Crippen LogP contribution < -0.4 is 0 Å². The van der Waals surface area contributed by atoms with Crippen LogP contribution in [0.25, 0.3) is 0 Å². The van der Waals surface area contributed by atoms with Crippen molar-refractivity contribution >= 4 is 0 Å². The first-order valence-corrected chi connectivity index (χ1v) is 7.01. The zero-order chi connectivity index (χ0) is 12.6. The lowest BCUT2D eigenvalue weighted by Gasteiger charge is -2.38. The zero-order valence-corrected chi connectivity index (χ0v) is 11.3. The number of hydrogen-bond acceptors (Lipinski definition) is 2. The van der Waals surface area contributed by atoms with Gasteiger partial charge in [-0.2, -0.15) is 0 Å². The van der Waals surface area contributed by atoms with Crippen LogP contribution in [-0.2, 0) is 9.47 Å². The molecule has 18 heavy (non-hydrogen) atoms. The minimum atomic E-state index is -0.163. The molecule has 2 heteroatoms. The summed E-state index contributed by atoms with van der Waals surface area (Å²) in [4.78, 5) is 0. The second-order valence-corrected chi connectivity index (χ2v) is 6.21. The number of rotatable bonds is 1. The van der Waals surface area contributed by atoms with Crippen molar-refractivity contribution in [3.63, 3.8) is 0 Å². The first-order valence-electron chi connectivity index (χ1n) is 7.01. The quantitative estimate of drug-likeness (QED) is 0.747. The minimum absolute atomic E-state index is 0.0302. The van der Waals surface area contributed by atoms with Gasteiger partial charge < -0.3 is 9.47 Å². The average Bonchev–Trinajstić information content (AvgIpc) is 2.72. The molecule has 0 amide bonds. The van der Waals surface area contributed by atoms with Gasteiger partial charge in [-0.15, -0.1) is 0 Å². The van der Waals surface area contributed by atoms with E-state index in [1.807, 2.05) is 18.2 Å². The Morgan fingerprint density at radius 3 is 2.39 bits per heavy atom. The lowest BCUT2D eigenvalue weighted by molar-refractivity contribution is -0.114. The van der Waals surface area contributed by atoms with Crippen molar-refractivity contribution in [3.05, 3.63) is 35.9 Å². The fourth-order valence-electron chi connectivity index (χ4n) is 3.72. The minimum Gasteiger partial charge on any atom is -0.345 e. The van der Waals surface area contributed by atoms with Crippen molar-refractivity contribution in [3.8, 4) is 0 Å². The first-order chi connectivity index (χ1) is 8.67. The predicted octanol–water partition coefficient (Wildman–Crippen LogP) is 3.93. The summed E-state index contributed by atoms with van der Waals surface area (Å²) >= 11 is 0. The van der Waals surface area contributed by atoms with Crippen molar-refractivity contribution in [2.75, 3.05) is 6.61 Å². The molecule has 3 rings (SSSR count). The summed E-state index contributed by atoms with van der Waals surface area (Å²) in [6, 6.07) is 10.3. The molecule has 2 unspecified atom stereocenters. The van der Waals surface area contributed by atoms with E-state index >= 15 is 0 Å². The van der Waals surface area contributed by atoms with E-state index in [0.717, 1.165) is 36.8 Å². The molecule has 1 aromatic rings. The van der Waals surface area contributed by atoms with Gasteiger partial charge in [-0.1, -0.05) is 44.2 Å². The van der Waals surface area contributed by atoms with Gasteiger partial charge in [0, 0.05) is 5.56 Å². The highest BCUT2D eigenvalue weighted by molar-refractivity contribution is 5.17. The standard InChI is InChI=1S/C16H22O2/c1-12-8-13(2)10-16(9-12)11-17-15(18-16)14-6-4-3-5-7-14/h3-7,12-13,15H,8-11H2,1-2H3/t12-,13+,15?,16?. The summed E-state index contributed by atoms with van der Waals surface area (Å²) in [5, 5.41) is 0. The van der Waals surface area contributed by atoms with Gasteiger partial charge in [-0.25, -0.2) is 0 Å². The zero-order valence-electron chi connectivity index (χ0n) is 11.3. The van der Waals surface area contributed by atoms with E-state index in [9.17, 15) is 0 Å². The Balaban J connectivity index is 1.74. The topological polar surface area (TPSA) is 18.5 Å². The molecule has 1 heterocycles. The maximum atomic E-state index is 6.29. The Morgan fingerprint density at radius 1 is 1.06 bits per heavy atom. The van der Waals surface area contributed by atoms with Crippen molar-refractivity contribution in [2.24, 2.45) is 11.8 Å². The molecule has 1 saturated carbocycles. The van der Waals surface area contributed by atoms with Crippen LogP contribution in [0.3, 0.4) is 0 Å². The number of hydrogen-bond donors (Lipinski definition) is 0. The predicted molar refractivity (Wildman–Crippen MR) is 71.1 cm³/mol. The normalized spacial score (nSPS) is 40.2. The monoisotopic (exact) mass is 246 g/mol. The van der Waals surface area contributed by atoms with E-state index in [-0.39, 0.29) is 11.9 Å². The van der Waals surface area contributed by atoms with Gasteiger partial charge in [-0.05, 0) is 31.1 Å². The molecule has 1 aliphatic heterocycles. The van der Waals surface area contributed by atoms with E-state index in [2.05, 4.69) is 26.0 Å². The maximum Gasteiger partial charge on any atom is 0.184 e. The summed E-state index contributed by atoms with van der Waals surface area (Å²) in [5.41, 5.74) is 1.11. The van der Waals surface area contributed by atoms with Crippen LogP contribution in [0.5, 0.6) is 0 Å². The van der Waals surface area contributed by atoms with Gasteiger partial charge in [0.25, 0.3) is 0 Å². The van der Waals surface area contributed by atoms with E-state index in [1.165, 1.54) is 6.42 Å². The van der Waals surface area contributed by atoms with Crippen LogP contribution in [0.15, 0.2) is 30.3 Å². The summed E-state index contributed by atoms with van der Waals surface area (Å²) in [6.07, 6.45) is 3.44. The molecule has 2 nitrogen and oxygen atoms in total. The van der Waals surface area contributed by atoms with Gasteiger partial charge in [0.05, 0.1) is 12.2 Å². The van der Waals surface area contributed by atoms with Gasteiger partial charge in [0.1, 0.15) is 0 Å². The maximum absolute atomic E-state index is 6.29. The van der Waals surface area contributed by atoms with E-state index < -0.39 is 0 Å². The second-order valence-electron chi connectivity index (χ2n) is 6.21. The highest BCUT2D eigenvalue weighted by Crippen LogP contribution is 2.45. The Morgan fingerprint density at radius 2 is 1.72 bits per heavy atom. The van der Waals surface area contributed by atoms with Gasteiger partial charge >= 0.3 is 0 Å². The highest BCUT2D eigenvalue weighted by atomic mass is 16.7. The van der Waals surface area contributed by atoms with Gasteiger partial charge in [0.15, 0.2) is 6.29 Å². The van der Waals surface area contributed by atoms with Gasteiger partial charge in [-0.3, -0.25) is 0 Å². The van der Waals surface area contributed by atoms with Crippen molar-refractivity contribution in [1.82, 2.24) is 0 Å². The SMILES string of the molecule is C[C@@H]1C[C@H](C)CC2(COC(c3ccccc3)O2)C1. The van der Waals surface area contributed by atoms with Crippen molar-refractivity contribution < 1.29 is 9.47 Å². The molecule has 0 radical (unpaired) electrons. The lowest BCUT2D eigenvalue weighted by Crippen LogP contribution is -2.40. The fraction of sp³-hybridized carbons (Fsp3) is 0.625. The van der Waals surface area contributed by atoms with Gasteiger partial charge in [0.2, 0.25) is 0 Å². The third-order valence-corrected chi connectivity index (χ3v) is 4.17. The third-order valence-electron chi connectivity index (χ3n) is 4.17. The molecule has 0 bridgehead atoms. The summed E-state index contributed by atoms with van der Waals surface area (Å²) < 4.78 is 12.2. The molecule has 0 aromatic heterocycles. The molecule has 98 valence electrons. The van der Waals surface area contributed by atoms with E-state index in [0.29, 0.717) is 0 Å². The molecule has 1 aromatic carbocycles. The molecule has 2 fully saturated rings. The average molecular weight is 246 g/mol. The van der Waals surface area contributed by atoms with Crippen molar-refractivity contribution in [2.45, 2.75) is 45.0 Å². The van der Waals surface area contributed by atoms with Crippen LogP contribution in [0, 0.1) is 11.8 Å². The molecule has 1 aliphatic carbocycles. The van der Waals surface area contributed by atoms with Crippen LogP contribution >= 0.6 is 0 Å². The van der Waals surface area contributed by atoms with Crippen molar-refractivity contribution in [1.29, 1.82) is 0 Å². The van der Waals surface area contributed by atoms with Crippen LogP contribution in [0.2, 0.25) is 0 Å². The molecule has 1 spiro atoms. The number of benzene rings is 1. The van der Waals surface area contributed by atoms with Crippen LogP contribution in [0.1, 0.15) is 45.0 Å². The lowest BCUT2D eigenvalue weighted by atomic mass is 9.74. The Kier molecular flexibility index (Phi) is 3.16. The van der Waals surface area contributed by atoms with Crippen LogP contribution in [0.4, 0.5) is 0 Å². The molecule has 4 atom stereocenters. The summed E-state index contributed by atoms with van der Waals surface area (Å²) in [5.74, 6) is 1.48. The second kappa shape index (κ2) is 4.67. The summed E-state index contributed by atoms with van der Waals surface area (Å²) in [6.45, 7) is 5.41. The molecule has 2 aliphatic rings. The highest BCUT2D eigenvalue weighted by Gasteiger charge is 2.46. The molecular formula is C16H22O2. The smallest absolute Gasteiger partial charge is 0.184 e. The third kappa shape index (κ3) is 2.32. The first kappa shape index (κ1) is 12.2. The summed E-state index contributed by atoms with van der Waals surface area (Å²) in [7, 11) is 0. The van der Waals surface area contributed by atoms with E-state index in [4.69, 9.17) is 9.47 Å².